The number of benzene rings is 1. The number of esters is 1. The first-order valence-corrected chi connectivity index (χ1v) is 10.6. The van der Waals surface area contributed by atoms with Gasteiger partial charge in [-0.15, -0.1) is 0 Å². The highest BCUT2D eigenvalue weighted by atomic mass is 19.3. The second-order valence-corrected chi connectivity index (χ2v) is 7.84. The van der Waals surface area contributed by atoms with Crippen molar-refractivity contribution in [3.63, 3.8) is 0 Å². The summed E-state index contributed by atoms with van der Waals surface area (Å²) >= 11 is 0. The molecule has 34 heavy (non-hydrogen) atoms. The Bertz CT molecular complexity index is 1100. The first-order chi connectivity index (χ1) is 16.0. The summed E-state index contributed by atoms with van der Waals surface area (Å²) in [5.41, 5.74) is 1.48. The van der Waals surface area contributed by atoms with Crippen molar-refractivity contribution in [1.29, 1.82) is 0 Å². The summed E-state index contributed by atoms with van der Waals surface area (Å²) < 4.78 is 38.4. The van der Waals surface area contributed by atoms with Gasteiger partial charge in [0.2, 0.25) is 0 Å². The zero-order valence-corrected chi connectivity index (χ0v) is 19.7. The van der Waals surface area contributed by atoms with Crippen molar-refractivity contribution in [2.24, 2.45) is 0 Å². The summed E-state index contributed by atoms with van der Waals surface area (Å²) in [7, 11) is 0. The number of ether oxygens (including phenoxy) is 2. The summed E-state index contributed by atoms with van der Waals surface area (Å²) in [5, 5.41) is 10.3. The lowest BCUT2D eigenvalue weighted by Gasteiger charge is -2.14. The first kappa shape index (κ1) is 26.7. The van der Waals surface area contributed by atoms with Crippen LogP contribution in [0.2, 0.25) is 0 Å². The summed E-state index contributed by atoms with van der Waals surface area (Å²) in [6.45, 7) is 9.55. The van der Waals surface area contributed by atoms with Gasteiger partial charge in [-0.2, -0.15) is 0 Å². The lowest BCUT2D eigenvalue weighted by molar-refractivity contribution is -0.141. The van der Waals surface area contributed by atoms with Crippen LogP contribution < -0.4 is 4.74 Å². The molecule has 180 valence electrons. The molecular formula is C27H29F2NO4. The Balaban J connectivity index is 2.05. The predicted molar refractivity (Wildman–Crippen MR) is 127 cm³/mol. The fourth-order valence-electron chi connectivity index (χ4n) is 2.86. The lowest BCUT2D eigenvalue weighted by atomic mass is 10.1. The number of hydrogen-bond donors (Lipinski definition) is 1. The molecule has 0 bridgehead atoms. The summed E-state index contributed by atoms with van der Waals surface area (Å²) in [4.78, 5) is 16.3. The largest absolute Gasteiger partial charge is 0.457 e. The Morgan fingerprint density at radius 1 is 1.21 bits per heavy atom. The Hall–Kier alpha value is -3.58. The van der Waals surface area contributed by atoms with E-state index in [0.717, 1.165) is 12.5 Å². The van der Waals surface area contributed by atoms with Crippen molar-refractivity contribution in [3.8, 4) is 5.75 Å². The number of aliphatic hydroxyl groups is 1. The van der Waals surface area contributed by atoms with E-state index in [9.17, 15) is 18.7 Å². The number of alkyl halides is 2. The van der Waals surface area contributed by atoms with Gasteiger partial charge in [0.05, 0.1) is 11.3 Å². The molecule has 5 nitrogen and oxygen atoms in total. The van der Waals surface area contributed by atoms with E-state index in [-0.39, 0.29) is 17.8 Å². The maximum atomic E-state index is 13.6. The van der Waals surface area contributed by atoms with Crippen molar-refractivity contribution < 1.29 is 28.2 Å². The van der Waals surface area contributed by atoms with Crippen LogP contribution in [0.4, 0.5) is 8.78 Å². The van der Waals surface area contributed by atoms with E-state index >= 15 is 0 Å². The number of pyridine rings is 1. The second kappa shape index (κ2) is 12.0. The molecule has 2 aromatic rings. The van der Waals surface area contributed by atoms with E-state index in [1.165, 1.54) is 24.4 Å². The summed E-state index contributed by atoms with van der Waals surface area (Å²) in [6, 6.07) is 11.8. The average molecular weight is 470 g/mol. The fraction of sp³-hybridized carbons (Fsp3) is 0.259. The minimum Gasteiger partial charge on any atom is -0.457 e. The number of halogens is 2. The van der Waals surface area contributed by atoms with Gasteiger partial charge in [-0.05, 0) is 68.3 Å². The van der Waals surface area contributed by atoms with Gasteiger partial charge in [0.1, 0.15) is 24.2 Å². The van der Waals surface area contributed by atoms with Gasteiger partial charge in [-0.3, -0.25) is 4.98 Å². The van der Waals surface area contributed by atoms with Gasteiger partial charge >= 0.3 is 5.97 Å². The van der Waals surface area contributed by atoms with Crippen LogP contribution in [0.1, 0.15) is 45.1 Å². The SMILES string of the molecule is C=C(C(=O)OCc1cccc(OC(/C=C\C(=C/C)C(C)(F)F)=C(C)C)c1)C(O)c1ccccn1. The second-order valence-electron chi connectivity index (χ2n) is 7.84. The molecular weight excluding hydrogens is 440 g/mol. The molecule has 0 saturated carbocycles. The number of aliphatic hydroxyl groups excluding tert-OH is 1. The molecule has 1 heterocycles. The quantitative estimate of drug-likeness (QED) is 0.193. The Labute approximate surface area is 198 Å². The van der Waals surface area contributed by atoms with Crippen LogP contribution in [0, 0.1) is 0 Å². The third-order valence-corrected chi connectivity index (χ3v) is 4.78. The van der Waals surface area contributed by atoms with E-state index in [0.29, 0.717) is 22.8 Å². The van der Waals surface area contributed by atoms with Gasteiger partial charge < -0.3 is 14.6 Å². The summed E-state index contributed by atoms with van der Waals surface area (Å²) in [6.07, 6.45) is 4.41. The topological polar surface area (TPSA) is 68.7 Å². The van der Waals surface area contributed by atoms with Crippen molar-refractivity contribution in [1.82, 2.24) is 4.98 Å². The predicted octanol–water partition coefficient (Wildman–Crippen LogP) is 6.25. The fourth-order valence-corrected chi connectivity index (χ4v) is 2.86. The standard InChI is InChI=1S/C27H29F2NO4/c1-6-21(27(5,28)29)13-14-24(18(2)3)34-22-11-9-10-20(16-22)17-33-26(32)19(4)25(31)23-12-7-8-15-30-23/h6-16,25,31H,4,17H2,1-3,5H3/b14-13-,21-6+. The van der Waals surface area contributed by atoms with Crippen LogP contribution in [0.15, 0.2) is 95.9 Å². The highest BCUT2D eigenvalue weighted by Crippen LogP contribution is 2.26. The smallest absolute Gasteiger partial charge is 0.336 e. The van der Waals surface area contributed by atoms with Crippen molar-refractivity contribution in [3.05, 3.63) is 107 Å². The molecule has 0 aliphatic rings. The van der Waals surface area contributed by atoms with Gasteiger partial charge in [-0.25, -0.2) is 13.6 Å². The van der Waals surface area contributed by atoms with E-state index in [1.54, 1.807) is 49.4 Å². The number of carbonyl (C=O) groups excluding carboxylic acids is 1. The molecule has 0 aliphatic heterocycles. The van der Waals surface area contributed by atoms with Crippen molar-refractivity contribution in [2.75, 3.05) is 0 Å². The minimum atomic E-state index is -2.96. The zero-order chi connectivity index (χ0) is 25.3. The maximum absolute atomic E-state index is 13.6. The van der Waals surface area contributed by atoms with Crippen molar-refractivity contribution >= 4 is 5.97 Å². The van der Waals surface area contributed by atoms with Crippen molar-refractivity contribution in [2.45, 2.75) is 46.3 Å². The van der Waals surface area contributed by atoms with Crippen LogP contribution in [-0.4, -0.2) is 22.0 Å². The zero-order valence-electron chi connectivity index (χ0n) is 19.7. The Morgan fingerprint density at radius 2 is 1.94 bits per heavy atom. The molecule has 7 heteroatoms. The monoisotopic (exact) mass is 469 g/mol. The third-order valence-electron chi connectivity index (χ3n) is 4.78. The van der Waals surface area contributed by atoms with Crippen LogP contribution in [0.5, 0.6) is 5.75 Å². The highest BCUT2D eigenvalue weighted by molar-refractivity contribution is 5.89. The van der Waals surface area contributed by atoms with Crippen LogP contribution in [0.25, 0.3) is 0 Å². The van der Waals surface area contributed by atoms with Crippen LogP contribution >= 0.6 is 0 Å². The van der Waals surface area contributed by atoms with E-state index in [2.05, 4.69) is 11.6 Å². The maximum Gasteiger partial charge on any atom is 0.336 e. The molecule has 1 aromatic heterocycles. The number of carbonyl (C=O) groups is 1. The van der Waals surface area contributed by atoms with Crippen LogP contribution in [-0.2, 0) is 16.1 Å². The third kappa shape index (κ3) is 7.78. The molecule has 2 rings (SSSR count). The molecule has 0 radical (unpaired) electrons. The molecule has 1 aromatic carbocycles. The molecule has 0 spiro atoms. The Kier molecular flexibility index (Phi) is 9.45. The number of aromatic nitrogens is 1. The average Bonchev–Trinajstić information content (AvgIpc) is 2.81. The molecule has 1 atom stereocenters. The lowest BCUT2D eigenvalue weighted by Crippen LogP contribution is -2.14. The minimum absolute atomic E-state index is 0.0746. The molecule has 0 fully saturated rings. The molecule has 0 amide bonds. The molecule has 0 aliphatic carbocycles. The number of rotatable bonds is 10. The van der Waals surface area contributed by atoms with Gasteiger partial charge in [0, 0.05) is 18.7 Å². The molecule has 0 saturated heterocycles. The van der Waals surface area contributed by atoms with E-state index in [4.69, 9.17) is 9.47 Å². The number of allylic oxidation sites excluding steroid dienone is 5. The molecule has 1 N–H and O–H groups in total. The number of nitrogens with zero attached hydrogens (tertiary/aromatic N) is 1. The molecule has 1 unspecified atom stereocenters. The summed E-state index contributed by atoms with van der Waals surface area (Å²) in [5.74, 6) is -2.84. The van der Waals surface area contributed by atoms with Gasteiger partial charge in [-0.1, -0.05) is 30.9 Å². The van der Waals surface area contributed by atoms with Gasteiger partial charge in [0.15, 0.2) is 0 Å². The normalized spacial score (nSPS) is 12.9. The van der Waals surface area contributed by atoms with Crippen LogP contribution in [0.3, 0.4) is 0 Å². The Morgan fingerprint density at radius 3 is 2.53 bits per heavy atom. The van der Waals surface area contributed by atoms with E-state index in [1.807, 2.05) is 13.8 Å². The first-order valence-electron chi connectivity index (χ1n) is 10.6. The van der Waals surface area contributed by atoms with Gasteiger partial charge in [0.25, 0.3) is 5.92 Å². The van der Waals surface area contributed by atoms with E-state index < -0.39 is 18.0 Å². The highest BCUT2D eigenvalue weighted by Gasteiger charge is 2.24. The number of hydrogen-bond acceptors (Lipinski definition) is 5.